The summed E-state index contributed by atoms with van der Waals surface area (Å²) in [6.07, 6.45) is 7.09. The van der Waals surface area contributed by atoms with E-state index in [1.54, 1.807) is 5.38 Å². The molecule has 0 bridgehead atoms. The first-order chi connectivity index (χ1) is 16.0. The maximum Gasteiger partial charge on any atom is 0.321 e. The second-order valence-electron chi connectivity index (χ2n) is 7.67. The highest BCUT2D eigenvalue weighted by molar-refractivity contribution is 7.10. The Bertz CT molecular complexity index is 1280. The minimum Gasteiger partial charge on any atom is -0.357 e. The average Bonchev–Trinajstić information content (AvgIpc) is 3.54. The van der Waals surface area contributed by atoms with Crippen molar-refractivity contribution in [3.63, 3.8) is 0 Å². The molecule has 164 valence electrons. The summed E-state index contributed by atoms with van der Waals surface area (Å²) in [6.45, 7) is 7.49. The third kappa shape index (κ3) is 4.72. The van der Waals surface area contributed by atoms with E-state index in [1.165, 1.54) is 18.4 Å². The van der Waals surface area contributed by atoms with Gasteiger partial charge in [0.2, 0.25) is 5.91 Å². The quantitative estimate of drug-likeness (QED) is 0.382. The van der Waals surface area contributed by atoms with E-state index in [2.05, 4.69) is 37.8 Å². The number of aromatic nitrogens is 1. The number of urea groups is 1. The van der Waals surface area contributed by atoms with Gasteiger partial charge in [-0.05, 0) is 28.7 Å². The van der Waals surface area contributed by atoms with Crippen molar-refractivity contribution in [3.8, 4) is 23.5 Å². The molecule has 0 aliphatic heterocycles. The van der Waals surface area contributed by atoms with E-state index in [4.69, 9.17) is 13.0 Å². The first kappa shape index (κ1) is 22.1. The highest BCUT2D eigenvalue weighted by Gasteiger charge is 2.52. The topological polar surface area (TPSA) is 87.5 Å². The van der Waals surface area contributed by atoms with Gasteiger partial charge in [-0.2, -0.15) is 0 Å². The van der Waals surface area contributed by atoms with E-state index in [-0.39, 0.29) is 11.4 Å². The molecular weight excluding hydrogens is 434 g/mol. The molecule has 3 amide bonds. The number of hydrogen-bond acceptors (Lipinski definition) is 4. The zero-order valence-corrected chi connectivity index (χ0v) is 18.7. The molecule has 1 heterocycles. The highest BCUT2D eigenvalue weighted by Crippen LogP contribution is 2.50. The van der Waals surface area contributed by atoms with Gasteiger partial charge in [-0.1, -0.05) is 42.5 Å². The Morgan fingerprint density at radius 3 is 2.58 bits per heavy atom. The molecule has 7 nitrogen and oxygen atoms in total. The van der Waals surface area contributed by atoms with Crippen molar-refractivity contribution in [3.05, 3.63) is 81.5 Å². The summed E-state index contributed by atoms with van der Waals surface area (Å²) in [5.74, 6) is 2.38. The molecule has 1 aliphatic carbocycles. The number of anilines is 1. The number of rotatable bonds is 6. The van der Waals surface area contributed by atoms with E-state index in [9.17, 15) is 9.59 Å². The van der Waals surface area contributed by atoms with Gasteiger partial charge in [0.15, 0.2) is 5.01 Å². The summed E-state index contributed by atoms with van der Waals surface area (Å²) in [6, 6.07) is 14.0. The van der Waals surface area contributed by atoms with Gasteiger partial charge < -0.3 is 15.5 Å². The fraction of sp³-hybridized carbons (Fsp3) is 0.200. The molecule has 2 aromatic carbocycles. The molecule has 0 radical (unpaired) electrons. The lowest BCUT2D eigenvalue weighted by Gasteiger charge is -2.18. The second kappa shape index (κ2) is 9.15. The van der Waals surface area contributed by atoms with Gasteiger partial charge in [0.1, 0.15) is 11.9 Å². The van der Waals surface area contributed by atoms with Crippen molar-refractivity contribution >= 4 is 29.1 Å². The molecule has 1 saturated carbocycles. The molecule has 0 unspecified atom stereocenters. The maximum atomic E-state index is 12.5. The van der Waals surface area contributed by atoms with Crippen LogP contribution in [0, 0.1) is 18.9 Å². The summed E-state index contributed by atoms with van der Waals surface area (Å²) in [5.41, 5.74) is 3.27. The molecule has 33 heavy (non-hydrogen) atoms. The summed E-state index contributed by atoms with van der Waals surface area (Å²) < 4.78 is 0. The summed E-state index contributed by atoms with van der Waals surface area (Å²) >= 11 is 1.24. The van der Waals surface area contributed by atoms with Crippen molar-refractivity contribution in [1.29, 1.82) is 0 Å². The molecule has 8 heteroatoms. The molecule has 0 spiro atoms. The van der Waals surface area contributed by atoms with Crippen LogP contribution in [0.15, 0.2) is 53.9 Å². The third-order valence-corrected chi connectivity index (χ3v) is 6.34. The van der Waals surface area contributed by atoms with Crippen molar-refractivity contribution < 1.29 is 9.59 Å². The van der Waals surface area contributed by atoms with Gasteiger partial charge in [-0.25, -0.2) is 16.4 Å². The van der Waals surface area contributed by atoms with E-state index >= 15 is 0 Å². The standard InChI is InChI=1S/C25H21N5O2S/c1-4-21-28-20(15-33-21)29-24(32)30-22(23(31)26-2)17-10-8-16(9-11-17)18-6-5-7-19(14-18)25(27-3)12-13-25/h1,5-11,14-15,22H,12-13H2,2H3,(H,26,31)(H2,29,30,32)/t22-/m1/s1. The number of likely N-dealkylation sites (N-methyl/N-ethyl adjacent to an activating group) is 1. The van der Waals surface area contributed by atoms with Crippen LogP contribution in [0.5, 0.6) is 0 Å². The number of terminal acetylenes is 1. The van der Waals surface area contributed by atoms with Crippen LogP contribution in [-0.4, -0.2) is 24.0 Å². The second-order valence-corrected chi connectivity index (χ2v) is 8.53. The SMILES string of the molecule is [C-]#[N+]C1(c2cccc(-c3ccc([C@@H](NC(=O)Nc4csc(C#C)n4)C(=O)NC)cc3)c2)CC1. The van der Waals surface area contributed by atoms with Crippen LogP contribution in [0.3, 0.4) is 0 Å². The van der Waals surface area contributed by atoms with Crippen LogP contribution >= 0.6 is 11.3 Å². The Labute approximate surface area is 196 Å². The summed E-state index contributed by atoms with van der Waals surface area (Å²) in [4.78, 5) is 32.8. The molecule has 3 aromatic rings. The van der Waals surface area contributed by atoms with Gasteiger partial charge in [0.25, 0.3) is 5.54 Å². The van der Waals surface area contributed by atoms with Crippen LogP contribution in [0.1, 0.15) is 35.0 Å². The van der Waals surface area contributed by atoms with Crippen molar-refractivity contribution in [1.82, 2.24) is 15.6 Å². The van der Waals surface area contributed by atoms with E-state index in [0.29, 0.717) is 16.4 Å². The Morgan fingerprint density at radius 2 is 1.97 bits per heavy atom. The number of carbonyl (C=O) groups is 2. The molecule has 3 N–H and O–H groups in total. The molecule has 1 fully saturated rings. The molecule has 1 aromatic heterocycles. The predicted molar refractivity (Wildman–Crippen MR) is 128 cm³/mol. The first-order valence-electron chi connectivity index (χ1n) is 10.3. The molecule has 1 aliphatic rings. The van der Waals surface area contributed by atoms with Gasteiger partial charge in [-0.15, -0.1) is 17.8 Å². The normalized spacial score (nSPS) is 14.3. The number of thiazole rings is 1. The van der Waals surface area contributed by atoms with Crippen LogP contribution in [0.4, 0.5) is 10.6 Å². The number of amides is 3. The lowest BCUT2D eigenvalue weighted by atomic mass is 9.96. The predicted octanol–water partition coefficient (Wildman–Crippen LogP) is 4.31. The Hall–Kier alpha value is -4.14. The maximum absolute atomic E-state index is 12.5. The number of nitrogens with zero attached hydrogens (tertiary/aromatic N) is 2. The Balaban J connectivity index is 1.51. The zero-order chi connectivity index (χ0) is 23.4. The molecule has 0 saturated heterocycles. The van der Waals surface area contributed by atoms with E-state index in [0.717, 1.165) is 29.5 Å². The minimum absolute atomic E-state index is 0.323. The fourth-order valence-electron chi connectivity index (χ4n) is 3.57. The average molecular weight is 456 g/mol. The van der Waals surface area contributed by atoms with Crippen molar-refractivity contribution in [2.24, 2.45) is 0 Å². The van der Waals surface area contributed by atoms with Gasteiger partial charge in [0.05, 0.1) is 0 Å². The monoisotopic (exact) mass is 455 g/mol. The van der Waals surface area contributed by atoms with Crippen LogP contribution < -0.4 is 16.0 Å². The van der Waals surface area contributed by atoms with Crippen molar-refractivity contribution in [2.45, 2.75) is 24.4 Å². The van der Waals surface area contributed by atoms with Crippen molar-refractivity contribution in [2.75, 3.05) is 12.4 Å². The van der Waals surface area contributed by atoms with Gasteiger partial charge in [-0.3, -0.25) is 10.1 Å². The lowest BCUT2D eigenvalue weighted by molar-refractivity contribution is -0.122. The third-order valence-electron chi connectivity index (χ3n) is 5.57. The van der Waals surface area contributed by atoms with Gasteiger partial charge in [0, 0.05) is 30.8 Å². The van der Waals surface area contributed by atoms with E-state index in [1.807, 2.05) is 42.5 Å². The first-order valence-corrected chi connectivity index (χ1v) is 11.2. The number of hydrogen-bond donors (Lipinski definition) is 3. The molecule has 1 atom stereocenters. The summed E-state index contributed by atoms with van der Waals surface area (Å²) in [7, 11) is 1.51. The van der Waals surface area contributed by atoms with Crippen LogP contribution in [0.25, 0.3) is 16.0 Å². The number of benzene rings is 2. The Kier molecular flexibility index (Phi) is 6.12. The van der Waals surface area contributed by atoms with E-state index < -0.39 is 12.1 Å². The largest absolute Gasteiger partial charge is 0.357 e. The van der Waals surface area contributed by atoms with Crippen LogP contribution in [0.2, 0.25) is 0 Å². The smallest absolute Gasteiger partial charge is 0.321 e. The summed E-state index contributed by atoms with van der Waals surface area (Å²) in [5, 5.41) is 9.94. The lowest BCUT2D eigenvalue weighted by Crippen LogP contribution is -2.41. The molecular formula is C25H21N5O2S. The minimum atomic E-state index is -0.891. The molecule has 4 rings (SSSR count). The van der Waals surface area contributed by atoms with Crippen LogP contribution in [-0.2, 0) is 10.3 Å². The zero-order valence-electron chi connectivity index (χ0n) is 17.9. The Morgan fingerprint density at radius 1 is 1.21 bits per heavy atom. The number of nitrogens with one attached hydrogen (secondary N) is 3. The fourth-order valence-corrected chi connectivity index (χ4v) is 4.12. The van der Waals surface area contributed by atoms with Gasteiger partial charge >= 0.3 is 6.03 Å². The highest BCUT2D eigenvalue weighted by atomic mass is 32.1. The number of carbonyl (C=O) groups excluding carboxylic acids is 2.